The number of hydrogen-bond donors (Lipinski definition) is 1. The summed E-state index contributed by atoms with van der Waals surface area (Å²) in [5.74, 6) is 0. The standard InChI is InChI=1S/C17H15F3O/c18-17(19,20)15-8-6-12(7-9-15)16(21)14-5-4-11-2-1-3-13(11)10-14/h4-10,16,21H,1-3H2. The van der Waals surface area contributed by atoms with E-state index in [4.69, 9.17) is 0 Å². The van der Waals surface area contributed by atoms with Gasteiger partial charge in [-0.3, -0.25) is 0 Å². The van der Waals surface area contributed by atoms with Gasteiger partial charge in [-0.25, -0.2) is 0 Å². The van der Waals surface area contributed by atoms with Crippen LogP contribution in [0.25, 0.3) is 0 Å². The molecule has 1 aliphatic carbocycles. The Morgan fingerprint density at radius 2 is 1.48 bits per heavy atom. The van der Waals surface area contributed by atoms with Crippen molar-refractivity contribution in [2.45, 2.75) is 31.5 Å². The molecule has 1 atom stereocenters. The number of aliphatic hydroxyl groups excluding tert-OH is 1. The fourth-order valence-electron chi connectivity index (χ4n) is 2.81. The quantitative estimate of drug-likeness (QED) is 0.876. The normalized spacial score (nSPS) is 15.8. The van der Waals surface area contributed by atoms with E-state index < -0.39 is 17.8 Å². The number of alkyl halides is 3. The number of hydrogen-bond acceptors (Lipinski definition) is 1. The smallest absolute Gasteiger partial charge is 0.384 e. The van der Waals surface area contributed by atoms with E-state index in [9.17, 15) is 18.3 Å². The van der Waals surface area contributed by atoms with Crippen LogP contribution in [0.5, 0.6) is 0 Å². The predicted molar refractivity (Wildman–Crippen MR) is 74.0 cm³/mol. The van der Waals surface area contributed by atoms with Crippen LogP contribution in [0.15, 0.2) is 42.5 Å². The van der Waals surface area contributed by atoms with Gasteiger partial charge in [-0.1, -0.05) is 30.3 Å². The molecule has 1 N–H and O–H groups in total. The van der Waals surface area contributed by atoms with Gasteiger partial charge in [-0.05, 0) is 53.6 Å². The van der Waals surface area contributed by atoms with Crippen LogP contribution in [0.2, 0.25) is 0 Å². The first-order valence-electron chi connectivity index (χ1n) is 6.92. The van der Waals surface area contributed by atoms with Gasteiger partial charge in [0.25, 0.3) is 0 Å². The molecule has 0 aliphatic heterocycles. The van der Waals surface area contributed by atoms with Gasteiger partial charge in [0.15, 0.2) is 0 Å². The summed E-state index contributed by atoms with van der Waals surface area (Å²) in [6.45, 7) is 0. The van der Waals surface area contributed by atoms with Crippen LogP contribution in [0.1, 0.15) is 40.3 Å². The van der Waals surface area contributed by atoms with E-state index in [-0.39, 0.29) is 0 Å². The zero-order chi connectivity index (χ0) is 15.0. The summed E-state index contributed by atoms with van der Waals surface area (Å²) >= 11 is 0. The third-order valence-corrected chi connectivity index (χ3v) is 3.99. The van der Waals surface area contributed by atoms with Gasteiger partial charge >= 0.3 is 6.18 Å². The van der Waals surface area contributed by atoms with Crippen molar-refractivity contribution in [1.82, 2.24) is 0 Å². The number of benzene rings is 2. The molecule has 1 aliphatic rings. The van der Waals surface area contributed by atoms with Crippen LogP contribution in [-0.2, 0) is 19.0 Å². The summed E-state index contributed by atoms with van der Waals surface area (Å²) < 4.78 is 37.6. The molecular formula is C17H15F3O. The van der Waals surface area contributed by atoms with Crippen LogP contribution in [-0.4, -0.2) is 5.11 Å². The first-order chi connectivity index (χ1) is 9.95. The van der Waals surface area contributed by atoms with Crippen molar-refractivity contribution < 1.29 is 18.3 Å². The minimum atomic E-state index is -4.35. The molecule has 0 amide bonds. The van der Waals surface area contributed by atoms with Crippen LogP contribution in [0, 0.1) is 0 Å². The van der Waals surface area contributed by atoms with E-state index in [0.717, 1.165) is 37.0 Å². The molecule has 21 heavy (non-hydrogen) atoms. The van der Waals surface area contributed by atoms with Gasteiger partial charge in [-0.15, -0.1) is 0 Å². The maximum Gasteiger partial charge on any atom is 0.416 e. The minimum absolute atomic E-state index is 0.473. The maximum atomic E-state index is 12.5. The van der Waals surface area contributed by atoms with E-state index in [0.29, 0.717) is 5.56 Å². The Morgan fingerprint density at radius 1 is 0.857 bits per heavy atom. The molecule has 0 aromatic heterocycles. The monoisotopic (exact) mass is 292 g/mol. The molecular weight excluding hydrogens is 277 g/mol. The van der Waals surface area contributed by atoms with Crippen LogP contribution in [0.3, 0.4) is 0 Å². The lowest BCUT2D eigenvalue weighted by Gasteiger charge is -2.14. The average Bonchev–Trinajstić information content (AvgIpc) is 2.93. The van der Waals surface area contributed by atoms with E-state index in [1.165, 1.54) is 23.3 Å². The minimum Gasteiger partial charge on any atom is -0.384 e. The van der Waals surface area contributed by atoms with Gasteiger partial charge in [0.05, 0.1) is 5.56 Å². The maximum absolute atomic E-state index is 12.5. The van der Waals surface area contributed by atoms with Gasteiger partial charge in [-0.2, -0.15) is 13.2 Å². The Kier molecular flexibility index (Phi) is 3.49. The van der Waals surface area contributed by atoms with Gasteiger partial charge < -0.3 is 5.11 Å². The van der Waals surface area contributed by atoms with Gasteiger partial charge in [0.1, 0.15) is 6.10 Å². The van der Waals surface area contributed by atoms with Gasteiger partial charge in [0, 0.05) is 0 Å². The Bertz CT molecular complexity index is 644. The highest BCUT2D eigenvalue weighted by atomic mass is 19.4. The number of aryl methyl sites for hydroxylation is 2. The summed E-state index contributed by atoms with van der Waals surface area (Å²) in [5, 5.41) is 10.3. The fourth-order valence-corrected chi connectivity index (χ4v) is 2.81. The van der Waals surface area contributed by atoms with Crippen molar-refractivity contribution in [3.63, 3.8) is 0 Å². The lowest BCUT2D eigenvalue weighted by Crippen LogP contribution is -2.06. The second kappa shape index (κ2) is 5.19. The molecule has 0 saturated carbocycles. The molecule has 0 spiro atoms. The highest BCUT2D eigenvalue weighted by Gasteiger charge is 2.30. The van der Waals surface area contributed by atoms with Gasteiger partial charge in [0.2, 0.25) is 0 Å². The molecule has 0 heterocycles. The number of halogens is 3. The van der Waals surface area contributed by atoms with Crippen molar-refractivity contribution >= 4 is 0 Å². The fraction of sp³-hybridized carbons (Fsp3) is 0.294. The molecule has 2 aromatic rings. The zero-order valence-electron chi connectivity index (χ0n) is 11.3. The number of fused-ring (bicyclic) bond motifs is 1. The molecule has 4 heteroatoms. The molecule has 3 rings (SSSR count). The number of aliphatic hydroxyl groups is 1. The van der Waals surface area contributed by atoms with Crippen molar-refractivity contribution in [1.29, 1.82) is 0 Å². The zero-order valence-corrected chi connectivity index (χ0v) is 11.3. The summed E-state index contributed by atoms with van der Waals surface area (Å²) in [7, 11) is 0. The Labute approximate surface area is 121 Å². The molecule has 0 saturated heterocycles. The van der Waals surface area contributed by atoms with Crippen molar-refractivity contribution in [2.24, 2.45) is 0 Å². The third-order valence-electron chi connectivity index (χ3n) is 3.99. The molecule has 1 nitrogen and oxygen atoms in total. The highest BCUT2D eigenvalue weighted by Crippen LogP contribution is 2.32. The molecule has 2 aromatic carbocycles. The topological polar surface area (TPSA) is 20.2 Å². The van der Waals surface area contributed by atoms with Crippen molar-refractivity contribution in [3.05, 3.63) is 70.3 Å². The van der Waals surface area contributed by atoms with E-state index in [2.05, 4.69) is 0 Å². The average molecular weight is 292 g/mol. The van der Waals surface area contributed by atoms with Crippen molar-refractivity contribution in [2.75, 3.05) is 0 Å². The summed E-state index contributed by atoms with van der Waals surface area (Å²) in [5.41, 5.74) is 3.04. The molecule has 110 valence electrons. The molecule has 0 fully saturated rings. The number of rotatable bonds is 2. The van der Waals surface area contributed by atoms with Crippen molar-refractivity contribution in [3.8, 4) is 0 Å². The van der Waals surface area contributed by atoms with E-state index >= 15 is 0 Å². The van der Waals surface area contributed by atoms with E-state index in [1.807, 2.05) is 18.2 Å². The second-order valence-corrected chi connectivity index (χ2v) is 5.40. The van der Waals surface area contributed by atoms with Crippen LogP contribution >= 0.6 is 0 Å². The third kappa shape index (κ3) is 2.81. The first kappa shape index (κ1) is 14.1. The first-order valence-corrected chi connectivity index (χ1v) is 6.92. The lowest BCUT2D eigenvalue weighted by atomic mass is 9.97. The highest BCUT2D eigenvalue weighted by molar-refractivity contribution is 5.39. The Morgan fingerprint density at radius 3 is 2.14 bits per heavy atom. The summed E-state index contributed by atoms with van der Waals surface area (Å²) in [6.07, 6.45) is -2.06. The summed E-state index contributed by atoms with van der Waals surface area (Å²) in [4.78, 5) is 0. The second-order valence-electron chi connectivity index (χ2n) is 5.40. The van der Waals surface area contributed by atoms with Crippen LogP contribution < -0.4 is 0 Å². The molecule has 1 unspecified atom stereocenters. The SMILES string of the molecule is OC(c1ccc(C(F)(F)F)cc1)c1ccc2c(c1)CCC2. The lowest BCUT2D eigenvalue weighted by molar-refractivity contribution is -0.137. The summed E-state index contributed by atoms with van der Waals surface area (Å²) in [6, 6.07) is 10.5. The largest absolute Gasteiger partial charge is 0.416 e. The molecule has 0 bridgehead atoms. The Hall–Kier alpha value is -1.81. The van der Waals surface area contributed by atoms with Crippen LogP contribution in [0.4, 0.5) is 13.2 Å². The van der Waals surface area contributed by atoms with E-state index in [1.54, 1.807) is 0 Å². The predicted octanol–water partition coefficient (Wildman–Crippen LogP) is 4.28. The molecule has 0 radical (unpaired) electrons. The Balaban J connectivity index is 1.86.